The van der Waals surface area contributed by atoms with Gasteiger partial charge in [0.05, 0.1) is 0 Å². The van der Waals surface area contributed by atoms with Crippen molar-refractivity contribution < 1.29 is 14.3 Å². The fourth-order valence-electron chi connectivity index (χ4n) is 2.85. The van der Waals surface area contributed by atoms with Crippen LogP contribution in [0.3, 0.4) is 0 Å². The Morgan fingerprint density at radius 3 is 2.29 bits per heavy atom. The molecule has 2 N–H and O–H groups in total. The second kappa shape index (κ2) is 11.2. The number of hydrogen-bond donors (Lipinski definition) is 2. The van der Waals surface area contributed by atoms with Crippen molar-refractivity contribution in [1.82, 2.24) is 10.9 Å². The number of ether oxygens (including phenoxy) is 1. The highest BCUT2D eigenvalue weighted by atomic mass is 16.5. The largest absolute Gasteiger partial charge is 0.488 e. The molecule has 0 saturated heterocycles. The highest BCUT2D eigenvalue weighted by molar-refractivity contribution is 5.96. The van der Waals surface area contributed by atoms with Crippen LogP contribution in [0.25, 0.3) is 11.1 Å². The van der Waals surface area contributed by atoms with E-state index in [4.69, 9.17) is 4.74 Å². The van der Waals surface area contributed by atoms with Gasteiger partial charge in [-0.15, -0.1) is 0 Å². The molecule has 0 bridgehead atoms. The van der Waals surface area contributed by atoms with Crippen LogP contribution in [0.1, 0.15) is 22.8 Å². The predicted octanol–water partition coefficient (Wildman–Crippen LogP) is 4.83. The Hall–Kier alpha value is -4.12. The van der Waals surface area contributed by atoms with Gasteiger partial charge in [0.25, 0.3) is 11.8 Å². The lowest BCUT2D eigenvalue weighted by molar-refractivity contribution is -0.117. The molecule has 0 fully saturated rings. The number of nitrogens with one attached hydrogen (secondary N) is 2. The quantitative estimate of drug-likeness (QED) is 0.332. The number of amides is 2. The molecule has 3 rings (SSSR count). The Kier molecular flexibility index (Phi) is 7.77. The molecule has 5 nitrogen and oxygen atoms in total. The van der Waals surface area contributed by atoms with E-state index in [0.717, 1.165) is 22.4 Å². The minimum Gasteiger partial charge on any atom is -0.488 e. The fraction of sp³-hybridized carbons (Fsp3) is 0.0769. The Morgan fingerprint density at radius 2 is 1.55 bits per heavy atom. The minimum absolute atomic E-state index is 0.373. The zero-order valence-electron chi connectivity index (χ0n) is 17.2. The van der Waals surface area contributed by atoms with E-state index in [-0.39, 0.29) is 0 Å². The molecule has 0 aromatic heterocycles. The third kappa shape index (κ3) is 6.44. The molecular weight excluding hydrogens is 388 g/mol. The van der Waals surface area contributed by atoms with Crippen LogP contribution in [0.2, 0.25) is 0 Å². The lowest BCUT2D eigenvalue weighted by Crippen LogP contribution is -2.40. The molecule has 0 saturated carbocycles. The summed E-state index contributed by atoms with van der Waals surface area (Å²) in [5, 5.41) is 0. The van der Waals surface area contributed by atoms with E-state index < -0.39 is 11.8 Å². The summed E-state index contributed by atoms with van der Waals surface area (Å²) >= 11 is 0. The molecule has 0 aliphatic rings. The molecule has 31 heavy (non-hydrogen) atoms. The maximum atomic E-state index is 12.2. The second-order valence-corrected chi connectivity index (χ2v) is 6.68. The van der Waals surface area contributed by atoms with E-state index in [1.54, 1.807) is 30.4 Å². The van der Waals surface area contributed by atoms with Gasteiger partial charge in [-0.2, -0.15) is 0 Å². The fourth-order valence-corrected chi connectivity index (χ4v) is 2.85. The average Bonchev–Trinajstić information content (AvgIpc) is 2.82. The molecule has 0 aliphatic carbocycles. The van der Waals surface area contributed by atoms with E-state index in [1.807, 2.05) is 73.7 Å². The van der Waals surface area contributed by atoms with Gasteiger partial charge in [0, 0.05) is 17.2 Å². The summed E-state index contributed by atoms with van der Waals surface area (Å²) in [5.74, 6) is -0.00701. The van der Waals surface area contributed by atoms with E-state index in [2.05, 4.69) is 10.9 Å². The van der Waals surface area contributed by atoms with Crippen LogP contribution in [-0.2, 0) is 11.4 Å². The predicted molar refractivity (Wildman–Crippen MR) is 122 cm³/mol. The Balaban J connectivity index is 1.57. The molecule has 0 spiro atoms. The molecule has 0 atom stereocenters. The second-order valence-electron chi connectivity index (χ2n) is 6.68. The van der Waals surface area contributed by atoms with E-state index in [0.29, 0.717) is 12.2 Å². The van der Waals surface area contributed by atoms with Gasteiger partial charge < -0.3 is 4.74 Å². The summed E-state index contributed by atoms with van der Waals surface area (Å²) in [6, 6.07) is 25.0. The number of para-hydroxylation sites is 1. The number of hydrogen-bond acceptors (Lipinski definition) is 3. The van der Waals surface area contributed by atoms with Crippen molar-refractivity contribution in [1.29, 1.82) is 0 Å². The Morgan fingerprint density at radius 1 is 0.839 bits per heavy atom. The van der Waals surface area contributed by atoms with Gasteiger partial charge in [0.1, 0.15) is 12.4 Å². The lowest BCUT2D eigenvalue weighted by Gasteiger charge is -2.12. The molecule has 156 valence electrons. The number of rotatable bonds is 7. The van der Waals surface area contributed by atoms with Crippen LogP contribution in [0, 0.1) is 0 Å². The first-order chi connectivity index (χ1) is 15.2. The monoisotopic (exact) mass is 412 g/mol. The summed E-state index contributed by atoms with van der Waals surface area (Å²) in [6.07, 6.45) is 6.44. The van der Waals surface area contributed by atoms with Crippen molar-refractivity contribution in [3.05, 3.63) is 114 Å². The maximum absolute atomic E-state index is 12.2. The number of hydrazine groups is 1. The standard InChI is InChI=1S/C26H24N2O3/c1-2-3-5-14-25(29)27-28-26(30)22-17-15-20(16-18-22)19-31-24-13-9-8-12-23(24)21-10-6-4-7-11-21/h2-18H,19H2,1H3,(H,27,29)(H,28,30)/b3-2+,14-5+. The van der Waals surface area contributed by atoms with Crippen LogP contribution >= 0.6 is 0 Å². The van der Waals surface area contributed by atoms with Crippen LogP contribution < -0.4 is 15.6 Å². The van der Waals surface area contributed by atoms with Gasteiger partial charge in [-0.25, -0.2) is 0 Å². The summed E-state index contributed by atoms with van der Waals surface area (Å²) in [5.41, 5.74) is 8.20. The number of allylic oxidation sites excluding steroid dienone is 3. The third-order valence-corrected chi connectivity index (χ3v) is 4.43. The molecule has 0 aliphatic heterocycles. The van der Waals surface area contributed by atoms with E-state index in [1.165, 1.54) is 6.08 Å². The summed E-state index contributed by atoms with van der Waals surface area (Å²) in [4.78, 5) is 23.8. The van der Waals surface area contributed by atoms with Crippen LogP contribution in [0.5, 0.6) is 5.75 Å². The summed E-state index contributed by atoms with van der Waals surface area (Å²) < 4.78 is 6.03. The lowest BCUT2D eigenvalue weighted by atomic mass is 10.0. The zero-order valence-corrected chi connectivity index (χ0v) is 17.2. The number of carbonyl (C=O) groups is 2. The van der Waals surface area contributed by atoms with Crippen molar-refractivity contribution in [3.8, 4) is 16.9 Å². The minimum atomic E-state index is -0.409. The molecule has 2 amide bonds. The normalized spacial score (nSPS) is 10.9. The van der Waals surface area contributed by atoms with E-state index in [9.17, 15) is 9.59 Å². The van der Waals surface area contributed by atoms with Crippen LogP contribution in [0.15, 0.2) is 103 Å². The van der Waals surface area contributed by atoms with Crippen molar-refractivity contribution in [2.45, 2.75) is 13.5 Å². The number of carbonyl (C=O) groups excluding carboxylic acids is 2. The molecule has 3 aromatic carbocycles. The first-order valence-corrected chi connectivity index (χ1v) is 9.93. The molecule has 3 aromatic rings. The molecule has 0 radical (unpaired) electrons. The van der Waals surface area contributed by atoms with Gasteiger partial charge in [-0.05, 0) is 36.2 Å². The smallest absolute Gasteiger partial charge is 0.269 e. The first kappa shape index (κ1) is 21.6. The zero-order chi connectivity index (χ0) is 21.9. The SMILES string of the molecule is C/C=C/C=C/C(=O)NNC(=O)c1ccc(COc2ccccc2-c2ccccc2)cc1. The summed E-state index contributed by atoms with van der Waals surface area (Å²) in [7, 11) is 0. The van der Waals surface area contributed by atoms with Crippen molar-refractivity contribution in [2.75, 3.05) is 0 Å². The molecule has 0 unspecified atom stereocenters. The topological polar surface area (TPSA) is 67.4 Å². The van der Waals surface area contributed by atoms with Gasteiger partial charge in [-0.1, -0.05) is 78.9 Å². The number of benzene rings is 3. The average molecular weight is 412 g/mol. The molecule has 0 heterocycles. The van der Waals surface area contributed by atoms with Crippen molar-refractivity contribution in [2.24, 2.45) is 0 Å². The van der Waals surface area contributed by atoms with Crippen LogP contribution in [-0.4, -0.2) is 11.8 Å². The Labute approximate surface area is 182 Å². The van der Waals surface area contributed by atoms with Crippen molar-refractivity contribution >= 4 is 11.8 Å². The first-order valence-electron chi connectivity index (χ1n) is 9.93. The molecular formula is C26H24N2O3. The van der Waals surface area contributed by atoms with Gasteiger partial charge in [0.2, 0.25) is 0 Å². The van der Waals surface area contributed by atoms with Gasteiger partial charge >= 0.3 is 0 Å². The van der Waals surface area contributed by atoms with Crippen LogP contribution in [0.4, 0.5) is 0 Å². The highest BCUT2D eigenvalue weighted by Crippen LogP contribution is 2.30. The molecule has 5 heteroatoms. The summed E-state index contributed by atoms with van der Waals surface area (Å²) in [6.45, 7) is 2.22. The van der Waals surface area contributed by atoms with Gasteiger partial charge in [0.15, 0.2) is 0 Å². The third-order valence-electron chi connectivity index (χ3n) is 4.43. The van der Waals surface area contributed by atoms with E-state index >= 15 is 0 Å². The van der Waals surface area contributed by atoms with Gasteiger partial charge in [-0.3, -0.25) is 20.4 Å². The van der Waals surface area contributed by atoms with Crippen molar-refractivity contribution in [3.63, 3.8) is 0 Å². The highest BCUT2D eigenvalue weighted by Gasteiger charge is 2.08. The maximum Gasteiger partial charge on any atom is 0.269 e. The Bertz CT molecular complexity index is 1070.